The second-order valence-corrected chi connectivity index (χ2v) is 6.23. The highest BCUT2D eigenvalue weighted by Crippen LogP contribution is 2.33. The van der Waals surface area contributed by atoms with Crippen molar-refractivity contribution < 1.29 is 9.59 Å². The van der Waals surface area contributed by atoms with Crippen molar-refractivity contribution in [1.29, 1.82) is 0 Å². The monoisotopic (exact) mass is 322 g/mol. The minimum absolute atomic E-state index is 0.00103. The van der Waals surface area contributed by atoms with Gasteiger partial charge in [0.25, 0.3) is 5.91 Å². The Balaban J connectivity index is 1.77. The molecule has 4 heteroatoms. The number of amides is 2. The van der Waals surface area contributed by atoms with Crippen molar-refractivity contribution >= 4 is 23.2 Å². The summed E-state index contributed by atoms with van der Waals surface area (Å²) in [7, 11) is 0. The van der Waals surface area contributed by atoms with E-state index in [2.05, 4.69) is 18.3 Å². The van der Waals surface area contributed by atoms with Crippen LogP contribution in [0, 0.1) is 0 Å². The van der Waals surface area contributed by atoms with Gasteiger partial charge < -0.3 is 10.2 Å². The number of benzene rings is 2. The quantitative estimate of drug-likeness (QED) is 0.924. The predicted octanol–water partition coefficient (Wildman–Crippen LogP) is 4.02. The van der Waals surface area contributed by atoms with Gasteiger partial charge in [0.2, 0.25) is 5.91 Å². The van der Waals surface area contributed by atoms with Gasteiger partial charge in [-0.3, -0.25) is 9.59 Å². The molecule has 1 aliphatic rings. The minimum Gasteiger partial charge on any atom is -0.326 e. The summed E-state index contributed by atoms with van der Waals surface area (Å²) in [6.07, 6.45) is 2.20. The van der Waals surface area contributed by atoms with Crippen LogP contribution in [0.1, 0.15) is 42.6 Å². The predicted molar refractivity (Wildman–Crippen MR) is 96.4 cm³/mol. The van der Waals surface area contributed by atoms with Crippen LogP contribution in [0.15, 0.2) is 48.5 Å². The van der Waals surface area contributed by atoms with Gasteiger partial charge in [-0.05, 0) is 55.7 Å². The maximum absolute atomic E-state index is 12.9. The number of hydrogen-bond acceptors (Lipinski definition) is 2. The number of nitrogens with zero attached hydrogens (tertiary/aromatic N) is 1. The van der Waals surface area contributed by atoms with Gasteiger partial charge in [0.1, 0.15) is 0 Å². The minimum atomic E-state index is -0.00123. The van der Waals surface area contributed by atoms with Crippen LogP contribution in [-0.4, -0.2) is 17.9 Å². The lowest BCUT2D eigenvalue weighted by molar-refractivity contribution is -0.116. The number of hydrogen-bond donors (Lipinski definition) is 1. The second-order valence-electron chi connectivity index (χ2n) is 6.23. The average Bonchev–Trinajstić information content (AvgIpc) is 2.91. The Kier molecular flexibility index (Phi) is 4.65. The van der Waals surface area contributed by atoms with Crippen molar-refractivity contribution in [2.75, 3.05) is 10.2 Å². The molecule has 124 valence electrons. The molecule has 1 heterocycles. The molecule has 0 radical (unpaired) electrons. The summed E-state index contributed by atoms with van der Waals surface area (Å²) in [5.41, 5.74) is 3.56. The normalized spacial score (nSPS) is 15.9. The number of carbonyl (C=O) groups excluding carboxylic acids is 2. The zero-order valence-corrected chi connectivity index (χ0v) is 14.1. The third-order valence-electron chi connectivity index (χ3n) is 4.32. The van der Waals surface area contributed by atoms with E-state index < -0.39 is 0 Å². The molecule has 3 rings (SSSR count). The van der Waals surface area contributed by atoms with E-state index in [0.717, 1.165) is 24.2 Å². The van der Waals surface area contributed by atoms with Crippen molar-refractivity contribution in [3.05, 3.63) is 59.7 Å². The molecule has 0 saturated carbocycles. The van der Waals surface area contributed by atoms with Gasteiger partial charge >= 0.3 is 0 Å². The lowest BCUT2D eigenvalue weighted by Gasteiger charge is -2.23. The Morgan fingerprint density at radius 2 is 1.83 bits per heavy atom. The van der Waals surface area contributed by atoms with E-state index in [1.54, 1.807) is 24.3 Å². The summed E-state index contributed by atoms with van der Waals surface area (Å²) in [5, 5.41) is 2.84. The number of carbonyl (C=O) groups is 2. The SMILES string of the molecule is CCCC(=O)Nc1ccc(C(=O)N2c3ccccc3CC2C)cc1. The first-order valence-corrected chi connectivity index (χ1v) is 8.41. The number of para-hydroxylation sites is 1. The van der Waals surface area contributed by atoms with E-state index in [-0.39, 0.29) is 17.9 Å². The summed E-state index contributed by atoms with van der Waals surface area (Å²) in [6.45, 7) is 4.04. The Labute approximate surface area is 142 Å². The molecule has 4 nitrogen and oxygen atoms in total. The highest BCUT2D eigenvalue weighted by molar-refractivity contribution is 6.08. The fourth-order valence-electron chi connectivity index (χ4n) is 3.16. The van der Waals surface area contributed by atoms with Gasteiger partial charge in [-0.25, -0.2) is 0 Å². The smallest absolute Gasteiger partial charge is 0.258 e. The molecule has 1 aliphatic heterocycles. The van der Waals surface area contributed by atoms with E-state index in [1.807, 2.05) is 30.0 Å². The maximum atomic E-state index is 12.9. The number of anilines is 2. The van der Waals surface area contributed by atoms with Gasteiger partial charge in [0, 0.05) is 29.4 Å². The third-order valence-corrected chi connectivity index (χ3v) is 4.32. The summed E-state index contributed by atoms with van der Waals surface area (Å²) < 4.78 is 0. The van der Waals surface area contributed by atoms with Gasteiger partial charge in [-0.15, -0.1) is 0 Å². The highest BCUT2D eigenvalue weighted by Gasteiger charge is 2.31. The van der Waals surface area contributed by atoms with Crippen molar-refractivity contribution in [2.24, 2.45) is 0 Å². The molecule has 0 saturated heterocycles. The highest BCUT2D eigenvalue weighted by atomic mass is 16.2. The first kappa shape index (κ1) is 16.2. The first-order chi connectivity index (χ1) is 11.6. The molecule has 24 heavy (non-hydrogen) atoms. The Hall–Kier alpha value is -2.62. The van der Waals surface area contributed by atoms with Crippen LogP contribution < -0.4 is 10.2 Å². The molecule has 1 atom stereocenters. The molecule has 2 aromatic carbocycles. The standard InChI is InChI=1S/C20H22N2O2/c1-3-6-19(23)21-17-11-9-15(10-12-17)20(24)22-14(2)13-16-7-4-5-8-18(16)22/h4-5,7-12,14H,3,6,13H2,1-2H3,(H,21,23). The molecule has 1 N–H and O–H groups in total. The fourth-order valence-corrected chi connectivity index (χ4v) is 3.16. The van der Waals surface area contributed by atoms with Crippen LogP contribution in [-0.2, 0) is 11.2 Å². The molecule has 2 amide bonds. The van der Waals surface area contributed by atoms with Crippen molar-refractivity contribution in [1.82, 2.24) is 0 Å². The van der Waals surface area contributed by atoms with Crippen LogP contribution >= 0.6 is 0 Å². The average molecular weight is 322 g/mol. The van der Waals surface area contributed by atoms with Crippen molar-refractivity contribution in [3.63, 3.8) is 0 Å². The van der Waals surface area contributed by atoms with Gasteiger partial charge in [-0.2, -0.15) is 0 Å². The van der Waals surface area contributed by atoms with Crippen molar-refractivity contribution in [2.45, 2.75) is 39.2 Å². The largest absolute Gasteiger partial charge is 0.326 e. The van der Waals surface area contributed by atoms with Gasteiger partial charge in [0.05, 0.1) is 0 Å². The number of fused-ring (bicyclic) bond motifs is 1. The molecule has 1 unspecified atom stereocenters. The Bertz CT molecular complexity index is 752. The molecule has 2 aromatic rings. The number of nitrogens with one attached hydrogen (secondary N) is 1. The van der Waals surface area contributed by atoms with Crippen LogP contribution in [0.2, 0.25) is 0 Å². The molecular formula is C20H22N2O2. The van der Waals surface area contributed by atoms with E-state index in [1.165, 1.54) is 5.56 Å². The number of rotatable bonds is 4. The van der Waals surface area contributed by atoms with Crippen LogP contribution in [0.4, 0.5) is 11.4 Å². The van der Waals surface area contributed by atoms with E-state index in [9.17, 15) is 9.59 Å². The Morgan fingerprint density at radius 3 is 2.54 bits per heavy atom. The van der Waals surface area contributed by atoms with E-state index in [4.69, 9.17) is 0 Å². The topological polar surface area (TPSA) is 49.4 Å². The molecule has 0 bridgehead atoms. The molecule has 0 aromatic heterocycles. The lowest BCUT2D eigenvalue weighted by Crippen LogP contribution is -2.35. The fraction of sp³-hybridized carbons (Fsp3) is 0.300. The van der Waals surface area contributed by atoms with Crippen LogP contribution in [0.3, 0.4) is 0 Å². The van der Waals surface area contributed by atoms with Crippen LogP contribution in [0.25, 0.3) is 0 Å². The zero-order chi connectivity index (χ0) is 17.1. The van der Waals surface area contributed by atoms with E-state index >= 15 is 0 Å². The summed E-state index contributed by atoms with van der Waals surface area (Å²) in [6, 6.07) is 15.3. The summed E-state index contributed by atoms with van der Waals surface area (Å²) in [4.78, 5) is 26.4. The molecule has 0 aliphatic carbocycles. The Morgan fingerprint density at radius 1 is 1.12 bits per heavy atom. The summed E-state index contributed by atoms with van der Waals surface area (Å²) in [5.74, 6) is -0.00227. The zero-order valence-electron chi connectivity index (χ0n) is 14.1. The maximum Gasteiger partial charge on any atom is 0.258 e. The van der Waals surface area contributed by atoms with Gasteiger partial charge in [0.15, 0.2) is 0 Å². The molecule has 0 spiro atoms. The second kappa shape index (κ2) is 6.87. The van der Waals surface area contributed by atoms with Crippen LogP contribution in [0.5, 0.6) is 0 Å². The van der Waals surface area contributed by atoms with Gasteiger partial charge in [-0.1, -0.05) is 25.1 Å². The molecular weight excluding hydrogens is 300 g/mol. The molecule has 0 fully saturated rings. The third kappa shape index (κ3) is 3.18. The van der Waals surface area contributed by atoms with Crippen molar-refractivity contribution in [3.8, 4) is 0 Å². The van der Waals surface area contributed by atoms with E-state index in [0.29, 0.717) is 12.0 Å². The first-order valence-electron chi connectivity index (χ1n) is 8.41. The lowest BCUT2D eigenvalue weighted by atomic mass is 10.1. The summed E-state index contributed by atoms with van der Waals surface area (Å²) >= 11 is 0.